The van der Waals surface area contributed by atoms with Crippen LogP contribution in [0.2, 0.25) is 0 Å². The number of quaternary nitrogens is 1. The van der Waals surface area contributed by atoms with Crippen LogP contribution in [-0.4, -0.2) is 19.6 Å². The summed E-state index contributed by atoms with van der Waals surface area (Å²) in [5.41, 5.74) is 0.758. The van der Waals surface area contributed by atoms with Crippen LogP contribution >= 0.6 is 11.9 Å². The van der Waals surface area contributed by atoms with E-state index in [1.165, 1.54) is 12.3 Å². The molecule has 0 aliphatic carbocycles. The molecule has 0 spiro atoms. The molecule has 11 heavy (non-hydrogen) atoms. The normalized spacial score (nSPS) is 28.5. The lowest BCUT2D eigenvalue weighted by Crippen LogP contribution is -2.23. The van der Waals surface area contributed by atoms with Crippen LogP contribution in [-0.2, 0) is 0 Å². The molecule has 1 aromatic rings. The van der Waals surface area contributed by atoms with Gasteiger partial charge in [-0.2, -0.15) is 10.3 Å². The van der Waals surface area contributed by atoms with E-state index in [0.717, 1.165) is 23.8 Å². The molecule has 0 bridgehead atoms. The molecular formula is C5H5N3O2S. The molecule has 0 saturated heterocycles. The van der Waals surface area contributed by atoms with Crippen molar-refractivity contribution in [2.75, 3.05) is 0 Å². The minimum absolute atomic E-state index is 0.657. The van der Waals surface area contributed by atoms with Gasteiger partial charge in [0.15, 0.2) is 11.9 Å². The summed E-state index contributed by atoms with van der Waals surface area (Å²) in [5, 5.41) is 26.3. The summed E-state index contributed by atoms with van der Waals surface area (Å²) in [6, 6.07) is 0. The maximum Gasteiger partial charge on any atom is 0.158 e. The molecule has 5 nitrogen and oxygen atoms in total. The van der Waals surface area contributed by atoms with Gasteiger partial charge in [0.25, 0.3) is 0 Å². The van der Waals surface area contributed by atoms with Gasteiger partial charge in [0, 0.05) is 6.08 Å². The van der Waals surface area contributed by atoms with Crippen LogP contribution in [0.15, 0.2) is 17.3 Å². The molecule has 1 aliphatic heterocycles. The molecule has 0 fully saturated rings. The van der Waals surface area contributed by atoms with Gasteiger partial charge in [-0.15, -0.1) is 4.21 Å². The van der Waals surface area contributed by atoms with Crippen LogP contribution in [0.25, 0.3) is 6.08 Å². The molecule has 1 unspecified atom stereocenters. The Balaban J connectivity index is 2.44. The highest BCUT2D eigenvalue weighted by Crippen LogP contribution is 2.34. The number of aromatic nitrogens is 2. The Kier molecular flexibility index (Phi) is 1.30. The van der Waals surface area contributed by atoms with E-state index in [9.17, 15) is 5.21 Å². The monoisotopic (exact) mass is 171 g/mol. The Labute approximate surface area is 66.6 Å². The highest BCUT2D eigenvalue weighted by atomic mass is 32.2. The molecule has 0 radical (unpaired) electrons. The van der Waals surface area contributed by atoms with Gasteiger partial charge in [-0.25, -0.2) is 0 Å². The molecule has 0 saturated carbocycles. The number of nitrogens with one attached hydrogen (secondary N) is 1. The highest BCUT2D eigenvalue weighted by molar-refractivity contribution is 7.94. The Morgan fingerprint density at radius 1 is 1.73 bits per heavy atom. The second-order valence-electron chi connectivity index (χ2n) is 2.12. The summed E-state index contributed by atoms with van der Waals surface area (Å²) in [6.45, 7) is 0. The first-order valence-corrected chi connectivity index (χ1v) is 3.69. The SMILES string of the molecule is [O-][N+]1(O)C=Cc2[nH]ncc2S1. The Bertz CT molecular complexity index is 306. The Morgan fingerprint density at radius 2 is 2.55 bits per heavy atom. The van der Waals surface area contributed by atoms with Crippen molar-refractivity contribution in [2.24, 2.45) is 0 Å². The number of rotatable bonds is 0. The molecule has 1 aliphatic rings. The van der Waals surface area contributed by atoms with Crippen LogP contribution < -0.4 is 0 Å². The fraction of sp³-hybridized carbons (Fsp3) is 0. The number of hydrogen-bond donors (Lipinski definition) is 2. The maximum atomic E-state index is 10.9. The van der Waals surface area contributed by atoms with Gasteiger partial charge in [-0.1, -0.05) is 0 Å². The fourth-order valence-electron chi connectivity index (χ4n) is 0.817. The predicted molar refractivity (Wildman–Crippen MR) is 38.9 cm³/mol. The summed E-state index contributed by atoms with van der Waals surface area (Å²) >= 11 is 0.778. The third kappa shape index (κ3) is 1.16. The third-order valence-electron chi connectivity index (χ3n) is 1.29. The van der Waals surface area contributed by atoms with E-state index in [2.05, 4.69) is 10.2 Å². The number of hydroxylamine groups is 2. The van der Waals surface area contributed by atoms with Gasteiger partial charge in [0.1, 0.15) is 11.1 Å². The number of nitrogens with zero attached hydrogens (tertiary/aromatic N) is 2. The smallest absolute Gasteiger partial charge is 0.158 e. The summed E-state index contributed by atoms with van der Waals surface area (Å²) < 4.78 is -1.42. The Hall–Kier alpha value is -0.820. The molecule has 2 N–H and O–H groups in total. The number of hydrogen-bond acceptors (Lipinski definition) is 4. The van der Waals surface area contributed by atoms with E-state index in [1.54, 1.807) is 0 Å². The highest BCUT2D eigenvalue weighted by Gasteiger charge is 2.22. The van der Waals surface area contributed by atoms with Crippen molar-refractivity contribution in [1.82, 2.24) is 10.2 Å². The molecule has 1 atom stereocenters. The summed E-state index contributed by atoms with van der Waals surface area (Å²) in [4.78, 5) is 0.657. The van der Waals surface area contributed by atoms with Crippen molar-refractivity contribution in [2.45, 2.75) is 4.90 Å². The minimum Gasteiger partial charge on any atom is -0.581 e. The number of aromatic amines is 1. The van der Waals surface area contributed by atoms with Crippen LogP contribution in [0.4, 0.5) is 0 Å². The molecule has 2 heterocycles. The molecule has 0 aromatic carbocycles. The molecule has 1 aromatic heterocycles. The topological polar surface area (TPSA) is 72.0 Å². The average molecular weight is 171 g/mol. The zero-order valence-electron chi connectivity index (χ0n) is 5.39. The first-order chi connectivity index (χ1) is 5.17. The molecular weight excluding hydrogens is 166 g/mol. The van der Waals surface area contributed by atoms with E-state index >= 15 is 0 Å². The zero-order chi connectivity index (χ0) is 7.90. The zero-order valence-corrected chi connectivity index (χ0v) is 6.21. The predicted octanol–water partition coefficient (Wildman–Crippen LogP) is 1.10. The second-order valence-corrected chi connectivity index (χ2v) is 3.26. The van der Waals surface area contributed by atoms with Gasteiger partial charge >= 0.3 is 0 Å². The standard InChI is InChI=1S/C5H5N3O2S/c9-8(10)2-1-4-5(11-8)3-6-7-4/h1-3,9H,(H,6,7). The van der Waals surface area contributed by atoms with Gasteiger partial charge in [-0.05, 0) is 0 Å². The first kappa shape index (κ1) is 6.86. The van der Waals surface area contributed by atoms with Crippen LogP contribution in [0.1, 0.15) is 5.69 Å². The average Bonchev–Trinajstić information content (AvgIpc) is 2.31. The summed E-state index contributed by atoms with van der Waals surface area (Å²) in [6.07, 6.45) is 4.14. The van der Waals surface area contributed by atoms with Crippen molar-refractivity contribution in [3.8, 4) is 0 Å². The Morgan fingerprint density at radius 3 is 3.36 bits per heavy atom. The minimum atomic E-state index is -1.42. The quantitative estimate of drug-likeness (QED) is 0.348. The third-order valence-corrected chi connectivity index (χ3v) is 2.20. The second kappa shape index (κ2) is 2.08. The number of H-pyrrole nitrogens is 1. The largest absolute Gasteiger partial charge is 0.581 e. The van der Waals surface area contributed by atoms with Gasteiger partial charge < -0.3 is 5.21 Å². The van der Waals surface area contributed by atoms with Crippen molar-refractivity contribution in [1.29, 1.82) is 0 Å². The van der Waals surface area contributed by atoms with Crippen molar-refractivity contribution in [3.63, 3.8) is 0 Å². The van der Waals surface area contributed by atoms with E-state index in [0.29, 0.717) is 4.90 Å². The van der Waals surface area contributed by atoms with Crippen LogP contribution in [0.3, 0.4) is 0 Å². The van der Waals surface area contributed by atoms with Crippen molar-refractivity contribution >= 4 is 18.0 Å². The van der Waals surface area contributed by atoms with Crippen molar-refractivity contribution < 1.29 is 9.42 Å². The van der Waals surface area contributed by atoms with E-state index in [-0.39, 0.29) is 0 Å². The van der Waals surface area contributed by atoms with Crippen LogP contribution in [0.5, 0.6) is 0 Å². The molecule has 2 rings (SSSR count). The maximum absolute atomic E-state index is 10.9. The molecule has 0 amide bonds. The summed E-state index contributed by atoms with van der Waals surface area (Å²) in [7, 11) is 0. The van der Waals surface area contributed by atoms with E-state index < -0.39 is 4.21 Å². The molecule has 6 heteroatoms. The molecule has 58 valence electrons. The lowest BCUT2D eigenvalue weighted by molar-refractivity contribution is -0.905. The lowest BCUT2D eigenvalue weighted by atomic mass is 10.4. The van der Waals surface area contributed by atoms with Crippen molar-refractivity contribution in [3.05, 3.63) is 23.3 Å². The van der Waals surface area contributed by atoms with Gasteiger partial charge in [-0.3, -0.25) is 5.10 Å². The summed E-state index contributed by atoms with van der Waals surface area (Å²) in [5.74, 6) is 0. The van der Waals surface area contributed by atoms with Crippen LogP contribution in [0, 0.1) is 5.21 Å². The fourth-order valence-corrected chi connectivity index (χ4v) is 1.53. The number of fused-ring (bicyclic) bond motifs is 1. The van der Waals surface area contributed by atoms with Gasteiger partial charge in [0.05, 0.1) is 11.9 Å². The van der Waals surface area contributed by atoms with Gasteiger partial charge in [0.2, 0.25) is 0 Å². The van der Waals surface area contributed by atoms with E-state index in [1.807, 2.05) is 0 Å². The lowest BCUT2D eigenvalue weighted by Gasteiger charge is -2.27. The first-order valence-electron chi connectivity index (χ1n) is 2.92. The van der Waals surface area contributed by atoms with E-state index in [4.69, 9.17) is 5.21 Å².